The van der Waals surface area contributed by atoms with Crippen LogP contribution < -0.4 is 0 Å². The minimum atomic E-state index is -0.612. The van der Waals surface area contributed by atoms with Crippen molar-refractivity contribution in [3.05, 3.63) is 0 Å². The van der Waals surface area contributed by atoms with Gasteiger partial charge in [0.15, 0.2) is 0 Å². The van der Waals surface area contributed by atoms with E-state index in [9.17, 15) is 14.7 Å². The Morgan fingerprint density at radius 2 is 1.88 bits per heavy atom. The van der Waals surface area contributed by atoms with Gasteiger partial charge in [0, 0.05) is 6.42 Å². The summed E-state index contributed by atoms with van der Waals surface area (Å²) in [5.41, 5.74) is -0.409. The third-order valence-electron chi connectivity index (χ3n) is 4.19. The first kappa shape index (κ1) is 12.6. The largest absolute Gasteiger partial charge is 0.391 e. The second kappa shape index (κ2) is 4.41. The molecular weight excluding hydrogens is 218 g/mol. The lowest BCUT2D eigenvalue weighted by Crippen LogP contribution is -2.41. The van der Waals surface area contributed by atoms with Crippen LogP contribution in [0.15, 0.2) is 0 Å². The fourth-order valence-corrected chi connectivity index (χ4v) is 2.89. The first-order valence-corrected chi connectivity index (χ1v) is 6.49. The smallest absolute Gasteiger partial charge is 0.235 e. The second-order valence-corrected chi connectivity index (χ2v) is 5.79. The van der Waals surface area contributed by atoms with Gasteiger partial charge in [-0.1, -0.05) is 26.7 Å². The molecular formula is C13H21NO3. The zero-order valence-corrected chi connectivity index (χ0v) is 10.6. The highest BCUT2D eigenvalue weighted by atomic mass is 16.3. The number of aliphatic hydroxyl groups excluding tert-OH is 1. The Hall–Kier alpha value is -0.900. The van der Waals surface area contributed by atoms with E-state index in [2.05, 4.69) is 0 Å². The van der Waals surface area contributed by atoms with Crippen LogP contribution in [0.4, 0.5) is 0 Å². The monoisotopic (exact) mass is 239 g/mol. The number of nitrogens with zero attached hydrogens (tertiary/aromatic N) is 1. The van der Waals surface area contributed by atoms with Crippen molar-refractivity contribution in [2.24, 2.45) is 11.3 Å². The zero-order chi connectivity index (χ0) is 12.6. The van der Waals surface area contributed by atoms with E-state index in [0.717, 1.165) is 25.7 Å². The topological polar surface area (TPSA) is 57.6 Å². The van der Waals surface area contributed by atoms with Crippen molar-refractivity contribution < 1.29 is 14.7 Å². The molecule has 1 N–H and O–H groups in total. The molecule has 0 radical (unpaired) electrons. The van der Waals surface area contributed by atoms with E-state index >= 15 is 0 Å². The number of carbonyl (C=O) groups excluding carboxylic acids is 2. The molecule has 4 heteroatoms. The van der Waals surface area contributed by atoms with E-state index < -0.39 is 11.5 Å². The normalized spacial score (nSPS) is 25.3. The second-order valence-electron chi connectivity index (χ2n) is 5.79. The standard InChI is InChI=1S/C13H21NO3/c1-9(2)10(15)8-14-11(16)7-13(12(14)17)5-3-4-6-13/h9-10,15H,3-8H2,1-2H3. The number of rotatable bonds is 3. The highest BCUT2D eigenvalue weighted by molar-refractivity contribution is 6.06. The molecule has 4 nitrogen and oxygen atoms in total. The fraction of sp³-hybridized carbons (Fsp3) is 0.846. The summed E-state index contributed by atoms with van der Waals surface area (Å²) in [4.78, 5) is 25.5. The van der Waals surface area contributed by atoms with Crippen LogP contribution in [0.1, 0.15) is 46.0 Å². The number of aliphatic hydroxyl groups is 1. The van der Waals surface area contributed by atoms with Crippen LogP contribution in [0.5, 0.6) is 0 Å². The molecule has 2 fully saturated rings. The third-order valence-corrected chi connectivity index (χ3v) is 4.19. The average Bonchev–Trinajstić information content (AvgIpc) is 2.81. The highest BCUT2D eigenvalue weighted by Crippen LogP contribution is 2.46. The summed E-state index contributed by atoms with van der Waals surface area (Å²) in [5, 5.41) is 9.81. The molecule has 1 saturated carbocycles. The van der Waals surface area contributed by atoms with Gasteiger partial charge in [-0.05, 0) is 18.8 Å². The highest BCUT2D eigenvalue weighted by Gasteiger charge is 2.52. The Morgan fingerprint density at radius 3 is 2.41 bits per heavy atom. The molecule has 0 aromatic carbocycles. The van der Waals surface area contributed by atoms with Gasteiger partial charge < -0.3 is 5.11 Å². The fourth-order valence-electron chi connectivity index (χ4n) is 2.89. The minimum absolute atomic E-state index is 0.0419. The van der Waals surface area contributed by atoms with Crippen molar-refractivity contribution in [1.29, 1.82) is 0 Å². The molecule has 17 heavy (non-hydrogen) atoms. The summed E-state index contributed by atoms with van der Waals surface area (Å²) in [6, 6.07) is 0. The van der Waals surface area contributed by atoms with Gasteiger partial charge in [-0.15, -0.1) is 0 Å². The maximum absolute atomic E-state index is 12.3. The molecule has 2 aliphatic rings. The molecule has 1 aliphatic carbocycles. The molecule has 96 valence electrons. The Morgan fingerprint density at radius 1 is 1.29 bits per heavy atom. The number of imide groups is 1. The quantitative estimate of drug-likeness (QED) is 0.756. The Labute approximate surface area is 102 Å². The predicted molar refractivity (Wildman–Crippen MR) is 63.1 cm³/mol. The molecule has 1 spiro atoms. The van der Waals surface area contributed by atoms with Crippen molar-refractivity contribution in [3.63, 3.8) is 0 Å². The van der Waals surface area contributed by atoms with Gasteiger partial charge in [0.05, 0.1) is 18.1 Å². The SMILES string of the molecule is CC(C)C(O)CN1C(=O)CC2(CCCC2)C1=O. The van der Waals surface area contributed by atoms with E-state index in [1.165, 1.54) is 4.90 Å². The molecule has 1 aliphatic heterocycles. The van der Waals surface area contributed by atoms with E-state index in [0.29, 0.717) is 6.42 Å². The number of carbonyl (C=O) groups is 2. The van der Waals surface area contributed by atoms with Gasteiger partial charge in [-0.25, -0.2) is 0 Å². The molecule has 1 heterocycles. The first-order valence-electron chi connectivity index (χ1n) is 6.49. The van der Waals surface area contributed by atoms with E-state index in [4.69, 9.17) is 0 Å². The van der Waals surface area contributed by atoms with Gasteiger partial charge >= 0.3 is 0 Å². The summed E-state index contributed by atoms with van der Waals surface area (Å²) in [5.74, 6) is -0.0768. The average molecular weight is 239 g/mol. The van der Waals surface area contributed by atoms with Crippen LogP contribution in [0.3, 0.4) is 0 Å². The lowest BCUT2D eigenvalue weighted by molar-refractivity contribution is -0.143. The molecule has 1 unspecified atom stereocenters. The van der Waals surface area contributed by atoms with Crippen LogP contribution >= 0.6 is 0 Å². The molecule has 2 rings (SSSR count). The molecule has 2 amide bonds. The summed E-state index contributed by atoms with van der Waals surface area (Å²) in [6.45, 7) is 3.94. The van der Waals surface area contributed by atoms with Gasteiger partial charge in [0.25, 0.3) is 0 Å². The Balaban J connectivity index is 2.09. The lowest BCUT2D eigenvalue weighted by Gasteiger charge is -2.24. The van der Waals surface area contributed by atoms with Gasteiger partial charge in [-0.2, -0.15) is 0 Å². The summed E-state index contributed by atoms with van der Waals surface area (Å²) in [7, 11) is 0. The van der Waals surface area contributed by atoms with E-state index in [1.54, 1.807) is 0 Å². The van der Waals surface area contributed by atoms with Crippen LogP contribution in [0.2, 0.25) is 0 Å². The van der Waals surface area contributed by atoms with Gasteiger partial charge in [0.1, 0.15) is 0 Å². The number of hydrogen-bond donors (Lipinski definition) is 1. The summed E-state index contributed by atoms with van der Waals surface area (Å²) in [6.07, 6.45) is 3.51. The summed E-state index contributed by atoms with van der Waals surface area (Å²) >= 11 is 0. The molecule has 1 saturated heterocycles. The third kappa shape index (κ3) is 2.10. The van der Waals surface area contributed by atoms with Crippen molar-refractivity contribution in [3.8, 4) is 0 Å². The Kier molecular flexibility index (Phi) is 3.25. The molecule has 0 aromatic heterocycles. The summed E-state index contributed by atoms with van der Waals surface area (Å²) < 4.78 is 0. The number of likely N-dealkylation sites (tertiary alicyclic amines) is 1. The molecule has 1 atom stereocenters. The van der Waals surface area contributed by atoms with Crippen LogP contribution in [0, 0.1) is 11.3 Å². The molecule has 0 bridgehead atoms. The number of β-amino-alcohol motifs (C(OH)–C–C–N with tert-alkyl or cyclic N) is 1. The van der Waals surface area contributed by atoms with Crippen LogP contribution in [0.25, 0.3) is 0 Å². The lowest BCUT2D eigenvalue weighted by atomic mass is 9.84. The maximum atomic E-state index is 12.3. The number of hydrogen-bond acceptors (Lipinski definition) is 3. The number of amides is 2. The van der Waals surface area contributed by atoms with Crippen LogP contribution in [-0.2, 0) is 9.59 Å². The maximum Gasteiger partial charge on any atom is 0.235 e. The Bertz CT molecular complexity index is 332. The van der Waals surface area contributed by atoms with E-state index in [-0.39, 0.29) is 24.3 Å². The van der Waals surface area contributed by atoms with Crippen molar-refractivity contribution in [2.75, 3.05) is 6.54 Å². The zero-order valence-electron chi connectivity index (χ0n) is 10.6. The van der Waals surface area contributed by atoms with E-state index in [1.807, 2.05) is 13.8 Å². The van der Waals surface area contributed by atoms with Crippen molar-refractivity contribution >= 4 is 11.8 Å². The van der Waals surface area contributed by atoms with Crippen LogP contribution in [-0.4, -0.2) is 34.5 Å². The molecule has 0 aromatic rings. The van der Waals surface area contributed by atoms with Crippen molar-refractivity contribution in [2.45, 2.75) is 52.1 Å². The minimum Gasteiger partial charge on any atom is -0.391 e. The van der Waals surface area contributed by atoms with Gasteiger partial charge in [-0.3, -0.25) is 14.5 Å². The van der Waals surface area contributed by atoms with Gasteiger partial charge in [0.2, 0.25) is 11.8 Å². The first-order chi connectivity index (χ1) is 7.96. The predicted octanol–water partition coefficient (Wildman–Crippen LogP) is 1.32. The van der Waals surface area contributed by atoms with Crippen molar-refractivity contribution in [1.82, 2.24) is 4.90 Å².